The van der Waals surface area contributed by atoms with Crippen LogP contribution < -0.4 is 0 Å². The van der Waals surface area contributed by atoms with Gasteiger partial charge in [0.25, 0.3) is 0 Å². The van der Waals surface area contributed by atoms with Crippen LogP contribution >= 0.6 is 12.6 Å². The van der Waals surface area contributed by atoms with Crippen LogP contribution in [0.2, 0.25) is 0 Å². The number of thiol groups is 1. The van der Waals surface area contributed by atoms with Crippen LogP contribution in [0.3, 0.4) is 0 Å². The van der Waals surface area contributed by atoms with Crippen molar-refractivity contribution in [1.82, 2.24) is 0 Å². The van der Waals surface area contributed by atoms with Crippen molar-refractivity contribution in [2.24, 2.45) is 35.5 Å². The molecule has 0 aromatic carbocycles. The minimum absolute atomic E-state index is 0.376. The van der Waals surface area contributed by atoms with Gasteiger partial charge >= 0.3 is 0 Å². The standard InChI is InChI=1S/C17H26OS/c1-5-12-6-9(2)16-14-7-13(17(12)16)8-15(14)18-10(3)11(4)19/h9,12-17,19H,3-8H2,1-2H3. The van der Waals surface area contributed by atoms with Crippen molar-refractivity contribution in [2.45, 2.75) is 45.6 Å². The van der Waals surface area contributed by atoms with Gasteiger partial charge in [-0.15, -0.1) is 12.6 Å². The van der Waals surface area contributed by atoms with Crippen LogP contribution in [0.1, 0.15) is 39.5 Å². The molecule has 0 saturated heterocycles. The summed E-state index contributed by atoms with van der Waals surface area (Å²) in [7, 11) is 0. The molecule has 0 aromatic rings. The number of rotatable bonds is 4. The highest BCUT2D eigenvalue weighted by molar-refractivity contribution is 7.84. The Morgan fingerprint density at radius 1 is 1.21 bits per heavy atom. The molecule has 19 heavy (non-hydrogen) atoms. The van der Waals surface area contributed by atoms with E-state index in [-0.39, 0.29) is 0 Å². The molecule has 3 saturated carbocycles. The van der Waals surface area contributed by atoms with E-state index in [1.807, 2.05) is 0 Å². The van der Waals surface area contributed by atoms with Gasteiger partial charge in [0.1, 0.15) is 11.9 Å². The van der Waals surface area contributed by atoms with Crippen molar-refractivity contribution in [1.29, 1.82) is 0 Å². The molecule has 0 amide bonds. The summed E-state index contributed by atoms with van der Waals surface area (Å²) in [6, 6.07) is 0. The fraction of sp³-hybridized carbons (Fsp3) is 0.765. The third kappa shape index (κ3) is 2.07. The van der Waals surface area contributed by atoms with Gasteiger partial charge in [-0.2, -0.15) is 0 Å². The molecule has 2 bridgehead atoms. The van der Waals surface area contributed by atoms with Gasteiger partial charge in [-0.3, -0.25) is 0 Å². The molecule has 7 atom stereocenters. The van der Waals surface area contributed by atoms with E-state index in [2.05, 4.69) is 39.6 Å². The molecule has 3 aliphatic carbocycles. The van der Waals surface area contributed by atoms with Gasteiger partial charge in [0.05, 0.1) is 0 Å². The molecule has 0 aliphatic heterocycles. The SMILES string of the molecule is C=C(S)C(=C)OC1CC2CC1C1C(C)CC(CC)C21. The zero-order valence-corrected chi connectivity index (χ0v) is 13.0. The maximum atomic E-state index is 6.06. The summed E-state index contributed by atoms with van der Waals surface area (Å²) in [6.45, 7) is 12.6. The molecule has 0 radical (unpaired) electrons. The quantitative estimate of drug-likeness (QED) is 0.447. The van der Waals surface area contributed by atoms with Crippen LogP contribution in [0.25, 0.3) is 0 Å². The molecule has 3 fully saturated rings. The predicted molar refractivity (Wildman–Crippen MR) is 82.9 cm³/mol. The van der Waals surface area contributed by atoms with Crippen LogP contribution in [0.4, 0.5) is 0 Å². The van der Waals surface area contributed by atoms with E-state index >= 15 is 0 Å². The average molecular weight is 278 g/mol. The zero-order chi connectivity index (χ0) is 13.7. The van der Waals surface area contributed by atoms with Gasteiger partial charge < -0.3 is 4.74 Å². The molecule has 0 N–H and O–H groups in total. The fourth-order valence-corrected chi connectivity index (χ4v) is 5.56. The first-order valence-electron chi connectivity index (χ1n) is 7.76. The monoisotopic (exact) mass is 278 g/mol. The maximum Gasteiger partial charge on any atom is 0.125 e. The van der Waals surface area contributed by atoms with E-state index in [4.69, 9.17) is 4.74 Å². The van der Waals surface area contributed by atoms with E-state index in [1.165, 1.54) is 25.7 Å². The van der Waals surface area contributed by atoms with Crippen molar-refractivity contribution in [2.75, 3.05) is 0 Å². The summed E-state index contributed by atoms with van der Waals surface area (Å²) in [5, 5.41) is 0. The molecule has 106 valence electrons. The molecule has 1 nitrogen and oxygen atoms in total. The first-order valence-corrected chi connectivity index (χ1v) is 8.21. The van der Waals surface area contributed by atoms with E-state index in [0.29, 0.717) is 16.8 Å². The Kier molecular flexibility index (Phi) is 3.49. The number of hydrogen-bond acceptors (Lipinski definition) is 2. The van der Waals surface area contributed by atoms with E-state index in [0.717, 1.165) is 35.5 Å². The van der Waals surface area contributed by atoms with Crippen LogP contribution in [0.5, 0.6) is 0 Å². The molecule has 3 aliphatic rings. The lowest BCUT2D eigenvalue weighted by molar-refractivity contribution is 0.0219. The largest absolute Gasteiger partial charge is 0.490 e. The second-order valence-electron chi connectivity index (χ2n) is 6.96. The van der Waals surface area contributed by atoms with Crippen molar-refractivity contribution < 1.29 is 4.74 Å². The van der Waals surface area contributed by atoms with Crippen LogP contribution in [0, 0.1) is 35.5 Å². The van der Waals surface area contributed by atoms with Crippen molar-refractivity contribution in [3.8, 4) is 0 Å². The summed E-state index contributed by atoms with van der Waals surface area (Å²) < 4.78 is 6.06. The summed E-state index contributed by atoms with van der Waals surface area (Å²) in [4.78, 5) is 0.672. The van der Waals surface area contributed by atoms with Crippen LogP contribution in [-0.4, -0.2) is 6.10 Å². The van der Waals surface area contributed by atoms with E-state index in [1.54, 1.807) is 0 Å². The van der Waals surface area contributed by atoms with Gasteiger partial charge in [0.15, 0.2) is 0 Å². The highest BCUT2D eigenvalue weighted by Crippen LogP contribution is 2.63. The third-order valence-electron chi connectivity index (χ3n) is 6.09. The summed E-state index contributed by atoms with van der Waals surface area (Å²) in [5.41, 5.74) is 0. The Balaban J connectivity index is 1.73. The number of hydrogen-bond donors (Lipinski definition) is 1. The van der Waals surface area contributed by atoms with Crippen molar-refractivity contribution >= 4 is 12.6 Å². The maximum absolute atomic E-state index is 6.06. The van der Waals surface area contributed by atoms with Gasteiger partial charge in [-0.25, -0.2) is 0 Å². The highest BCUT2D eigenvalue weighted by Gasteiger charge is 2.59. The van der Waals surface area contributed by atoms with Crippen molar-refractivity contribution in [3.05, 3.63) is 23.8 Å². The highest BCUT2D eigenvalue weighted by atomic mass is 32.1. The summed E-state index contributed by atoms with van der Waals surface area (Å²) >= 11 is 4.24. The lowest BCUT2D eigenvalue weighted by Gasteiger charge is -2.35. The van der Waals surface area contributed by atoms with E-state index < -0.39 is 0 Å². The number of ether oxygens (including phenoxy) is 1. The fourth-order valence-electron chi connectivity index (χ4n) is 5.51. The average Bonchev–Trinajstić information content (AvgIpc) is 3.00. The second-order valence-corrected chi connectivity index (χ2v) is 7.50. The van der Waals surface area contributed by atoms with Crippen LogP contribution in [-0.2, 0) is 4.74 Å². The zero-order valence-electron chi connectivity index (χ0n) is 12.1. The molecule has 3 rings (SSSR count). The van der Waals surface area contributed by atoms with Gasteiger partial charge in [0, 0.05) is 4.91 Å². The summed E-state index contributed by atoms with van der Waals surface area (Å²) in [5.74, 6) is 6.06. The number of fused-ring (bicyclic) bond motifs is 5. The smallest absolute Gasteiger partial charge is 0.125 e. The predicted octanol–water partition coefficient (Wildman–Crippen LogP) is 4.67. The Hall–Kier alpha value is -0.370. The molecular weight excluding hydrogens is 252 g/mol. The van der Waals surface area contributed by atoms with Gasteiger partial charge in [-0.1, -0.05) is 33.4 Å². The second kappa shape index (κ2) is 4.87. The first-order chi connectivity index (χ1) is 9.02. The molecule has 0 spiro atoms. The summed E-state index contributed by atoms with van der Waals surface area (Å²) in [6.07, 6.45) is 5.79. The Labute approximate surface area is 122 Å². The molecule has 0 heterocycles. The lowest BCUT2D eigenvalue weighted by atomic mass is 9.74. The minimum Gasteiger partial charge on any atom is -0.490 e. The lowest BCUT2D eigenvalue weighted by Crippen LogP contribution is -2.33. The Morgan fingerprint density at radius 2 is 1.95 bits per heavy atom. The topological polar surface area (TPSA) is 9.23 Å². The first kappa shape index (κ1) is 13.6. The molecule has 0 aromatic heterocycles. The molecule has 2 heteroatoms. The Bertz CT molecular complexity index is 402. The van der Waals surface area contributed by atoms with E-state index in [9.17, 15) is 0 Å². The molecule has 7 unspecified atom stereocenters. The van der Waals surface area contributed by atoms with Crippen molar-refractivity contribution in [3.63, 3.8) is 0 Å². The molecular formula is C17H26OS. The third-order valence-corrected chi connectivity index (χ3v) is 6.34. The van der Waals surface area contributed by atoms with Gasteiger partial charge in [-0.05, 0) is 54.8 Å². The van der Waals surface area contributed by atoms with Gasteiger partial charge in [0.2, 0.25) is 0 Å². The minimum atomic E-state index is 0.376. The Morgan fingerprint density at radius 3 is 2.58 bits per heavy atom. The van der Waals surface area contributed by atoms with Crippen LogP contribution in [0.15, 0.2) is 23.8 Å². The normalized spacial score (nSPS) is 47.2.